The van der Waals surface area contributed by atoms with Gasteiger partial charge in [0.05, 0.1) is 36.3 Å². The second-order valence-electron chi connectivity index (χ2n) is 7.17. The summed E-state index contributed by atoms with van der Waals surface area (Å²) in [5.41, 5.74) is 0.122. The van der Waals surface area contributed by atoms with E-state index in [1.165, 1.54) is 19.2 Å². The summed E-state index contributed by atoms with van der Waals surface area (Å²) < 4.78 is 51.9. The van der Waals surface area contributed by atoms with Crippen molar-refractivity contribution >= 4 is 5.82 Å². The third-order valence-corrected chi connectivity index (χ3v) is 5.17. The smallest absolute Gasteiger partial charge is 0.434 e. The zero-order chi connectivity index (χ0) is 22.6. The van der Waals surface area contributed by atoms with Gasteiger partial charge in [-0.25, -0.2) is 15.0 Å². The van der Waals surface area contributed by atoms with Crippen LogP contribution in [0.3, 0.4) is 0 Å². The highest BCUT2D eigenvalue weighted by atomic mass is 19.4. The molecule has 0 aromatic carbocycles. The molecule has 2 atom stereocenters. The summed E-state index contributed by atoms with van der Waals surface area (Å²) >= 11 is 0. The van der Waals surface area contributed by atoms with Gasteiger partial charge in [0.25, 0.3) is 0 Å². The van der Waals surface area contributed by atoms with Crippen molar-refractivity contribution in [2.45, 2.75) is 51.9 Å². The summed E-state index contributed by atoms with van der Waals surface area (Å²) in [5, 5.41) is 6.68. The summed E-state index contributed by atoms with van der Waals surface area (Å²) in [5.74, 6) is 0.475. The number of hydrogen-bond donors (Lipinski definition) is 2. The Morgan fingerprint density at radius 3 is 2.42 bits per heavy atom. The molecular weight excluding hydrogens is 411 g/mol. The van der Waals surface area contributed by atoms with Crippen molar-refractivity contribution in [1.82, 2.24) is 20.3 Å². The number of nitrogens with one attached hydrogen (secondary N) is 2. The second-order valence-corrected chi connectivity index (χ2v) is 7.17. The van der Waals surface area contributed by atoms with E-state index in [0.717, 1.165) is 6.54 Å². The number of alkyl halides is 3. The van der Waals surface area contributed by atoms with Crippen molar-refractivity contribution < 1.29 is 22.6 Å². The van der Waals surface area contributed by atoms with E-state index in [1.807, 2.05) is 20.8 Å². The SMILES string of the molecule is CCO[C@H]1CNC[C@H]1Nc1nc(CC)c(-c2ccc(OC)nc2C(F)(F)F)nc1CC. The Kier molecular flexibility index (Phi) is 7.32. The van der Waals surface area contributed by atoms with Crippen molar-refractivity contribution in [1.29, 1.82) is 0 Å². The molecule has 2 aromatic rings. The first-order valence-corrected chi connectivity index (χ1v) is 10.4. The Bertz CT molecular complexity index is 907. The van der Waals surface area contributed by atoms with E-state index in [-0.39, 0.29) is 29.3 Å². The molecule has 0 amide bonds. The number of nitrogens with zero attached hydrogens (tertiary/aromatic N) is 3. The highest BCUT2D eigenvalue weighted by molar-refractivity contribution is 5.67. The number of methoxy groups -OCH3 is 1. The van der Waals surface area contributed by atoms with Crippen LogP contribution >= 0.6 is 0 Å². The van der Waals surface area contributed by atoms with E-state index in [1.54, 1.807) is 0 Å². The van der Waals surface area contributed by atoms with E-state index in [2.05, 4.69) is 25.6 Å². The maximum atomic E-state index is 13.7. The third-order valence-electron chi connectivity index (χ3n) is 5.17. The lowest BCUT2D eigenvalue weighted by molar-refractivity contribution is -0.140. The molecule has 7 nitrogen and oxygen atoms in total. The summed E-state index contributed by atoms with van der Waals surface area (Å²) in [4.78, 5) is 12.9. The summed E-state index contributed by atoms with van der Waals surface area (Å²) in [6.07, 6.45) is -3.73. The van der Waals surface area contributed by atoms with Crippen LogP contribution in [-0.2, 0) is 23.8 Å². The molecule has 1 saturated heterocycles. The lowest BCUT2D eigenvalue weighted by atomic mass is 10.0. The molecule has 0 aliphatic carbocycles. The van der Waals surface area contributed by atoms with Gasteiger partial charge in [-0.2, -0.15) is 13.2 Å². The minimum atomic E-state index is -4.65. The third kappa shape index (κ3) is 5.07. The average Bonchev–Trinajstić information content (AvgIpc) is 3.19. The first-order chi connectivity index (χ1) is 14.8. The maximum absolute atomic E-state index is 13.7. The van der Waals surface area contributed by atoms with Gasteiger partial charge in [0.15, 0.2) is 5.69 Å². The van der Waals surface area contributed by atoms with E-state index in [9.17, 15) is 13.2 Å². The van der Waals surface area contributed by atoms with Crippen LogP contribution in [0.5, 0.6) is 5.88 Å². The molecular formula is C21H28F3N5O2. The topological polar surface area (TPSA) is 81.2 Å². The molecule has 3 heterocycles. The fourth-order valence-corrected chi connectivity index (χ4v) is 3.65. The zero-order valence-electron chi connectivity index (χ0n) is 18.1. The van der Waals surface area contributed by atoms with E-state index in [4.69, 9.17) is 9.47 Å². The predicted octanol–water partition coefficient (Wildman–Crippen LogP) is 3.48. The molecule has 2 N–H and O–H groups in total. The fraction of sp³-hybridized carbons (Fsp3) is 0.571. The molecule has 3 rings (SSSR count). The van der Waals surface area contributed by atoms with Crippen LogP contribution in [-0.4, -0.2) is 53.9 Å². The van der Waals surface area contributed by atoms with Gasteiger partial charge in [-0.1, -0.05) is 13.8 Å². The molecule has 1 aliphatic rings. The lowest BCUT2D eigenvalue weighted by Gasteiger charge is -2.23. The first-order valence-electron chi connectivity index (χ1n) is 10.4. The van der Waals surface area contributed by atoms with E-state index < -0.39 is 11.9 Å². The molecule has 0 radical (unpaired) electrons. The van der Waals surface area contributed by atoms with Crippen molar-refractivity contribution in [3.05, 3.63) is 29.2 Å². The lowest BCUT2D eigenvalue weighted by Crippen LogP contribution is -2.35. The zero-order valence-corrected chi connectivity index (χ0v) is 18.1. The Balaban J connectivity index is 2.06. The number of ether oxygens (including phenoxy) is 2. The van der Waals surface area contributed by atoms with Gasteiger partial charge in [0.2, 0.25) is 5.88 Å². The van der Waals surface area contributed by atoms with Crippen LogP contribution in [0.15, 0.2) is 12.1 Å². The molecule has 0 saturated carbocycles. The molecule has 31 heavy (non-hydrogen) atoms. The van der Waals surface area contributed by atoms with Crippen LogP contribution in [0.1, 0.15) is 37.9 Å². The van der Waals surface area contributed by atoms with Crippen LogP contribution < -0.4 is 15.4 Å². The normalized spacial score (nSPS) is 18.9. The largest absolute Gasteiger partial charge is 0.481 e. The quantitative estimate of drug-likeness (QED) is 0.652. The first kappa shape index (κ1) is 23.2. The van der Waals surface area contributed by atoms with Crippen LogP contribution in [0, 0.1) is 0 Å². The summed E-state index contributed by atoms with van der Waals surface area (Å²) in [7, 11) is 1.28. The van der Waals surface area contributed by atoms with Gasteiger partial charge < -0.3 is 20.1 Å². The van der Waals surface area contributed by atoms with Crippen LogP contribution in [0.4, 0.5) is 19.0 Å². The maximum Gasteiger partial charge on any atom is 0.434 e. The Hall–Kier alpha value is -2.46. The average molecular weight is 439 g/mol. The van der Waals surface area contributed by atoms with Gasteiger partial charge in [-0.05, 0) is 25.8 Å². The second kappa shape index (κ2) is 9.78. The van der Waals surface area contributed by atoms with Gasteiger partial charge in [-0.3, -0.25) is 0 Å². The van der Waals surface area contributed by atoms with Crippen molar-refractivity contribution in [2.24, 2.45) is 0 Å². The van der Waals surface area contributed by atoms with Gasteiger partial charge >= 0.3 is 6.18 Å². The number of anilines is 1. The number of rotatable bonds is 8. The summed E-state index contributed by atoms with van der Waals surface area (Å²) in [6, 6.07) is 2.75. The number of aromatic nitrogens is 3. The van der Waals surface area contributed by atoms with E-state index in [0.29, 0.717) is 43.2 Å². The summed E-state index contributed by atoms with van der Waals surface area (Å²) in [6.45, 7) is 7.71. The number of hydrogen-bond acceptors (Lipinski definition) is 7. The number of pyridine rings is 1. The predicted molar refractivity (Wildman–Crippen MR) is 111 cm³/mol. The van der Waals surface area contributed by atoms with Gasteiger partial charge in [0.1, 0.15) is 5.82 Å². The Morgan fingerprint density at radius 2 is 1.81 bits per heavy atom. The molecule has 170 valence electrons. The molecule has 0 unspecified atom stereocenters. The standard InChI is InChI=1S/C21H28F3N5O2/c1-5-13-18(12-8-9-17(30-4)29-19(12)21(22,23)24)26-14(6-2)20(27-13)28-15-10-25-11-16(15)31-7-3/h8-9,15-16,25H,5-7,10-11H2,1-4H3,(H,27,28)/t15-,16+/m1/s1. The Morgan fingerprint density at radius 1 is 1.06 bits per heavy atom. The molecule has 1 fully saturated rings. The van der Waals surface area contributed by atoms with Crippen molar-refractivity contribution in [3.8, 4) is 17.1 Å². The van der Waals surface area contributed by atoms with Crippen molar-refractivity contribution in [3.63, 3.8) is 0 Å². The minimum Gasteiger partial charge on any atom is -0.481 e. The molecule has 0 bridgehead atoms. The monoisotopic (exact) mass is 439 g/mol. The number of halogens is 3. The highest BCUT2D eigenvalue weighted by Gasteiger charge is 2.37. The number of aryl methyl sites for hydroxylation is 2. The highest BCUT2D eigenvalue weighted by Crippen LogP contribution is 2.38. The van der Waals surface area contributed by atoms with Crippen LogP contribution in [0.2, 0.25) is 0 Å². The fourth-order valence-electron chi connectivity index (χ4n) is 3.65. The minimum absolute atomic E-state index is 0.00324. The molecule has 10 heteroatoms. The van der Waals surface area contributed by atoms with Crippen molar-refractivity contribution in [2.75, 3.05) is 32.1 Å². The van der Waals surface area contributed by atoms with Gasteiger partial charge in [-0.15, -0.1) is 0 Å². The van der Waals surface area contributed by atoms with Crippen LogP contribution in [0.25, 0.3) is 11.3 Å². The Labute approximate surface area is 179 Å². The van der Waals surface area contributed by atoms with Gasteiger partial charge in [0, 0.05) is 31.3 Å². The molecule has 2 aromatic heterocycles. The van der Waals surface area contributed by atoms with E-state index >= 15 is 0 Å². The molecule has 1 aliphatic heterocycles. The molecule has 0 spiro atoms.